The molecule has 1 spiro atoms. The minimum absolute atomic E-state index is 0.0509. The number of ketones is 1. The second-order valence-electron chi connectivity index (χ2n) is 7.40. The quantitative estimate of drug-likeness (QED) is 0.778. The van der Waals surface area contributed by atoms with Crippen molar-refractivity contribution in [3.63, 3.8) is 0 Å². The first-order valence-electron chi connectivity index (χ1n) is 8.59. The van der Waals surface area contributed by atoms with Gasteiger partial charge in [-0.05, 0) is 44.9 Å². The summed E-state index contributed by atoms with van der Waals surface area (Å²) in [6.07, 6.45) is 12.1. The Balaban J connectivity index is 1.44. The van der Waals surface area contributed by atoms with E-state index in [9.17, 15) is 4.79 Å². The Morgan fingerprint density at radius 2 is 1.90 bits per heavy atom. The fourth-order valence-corrected chi connectivity index (χ4v) is 5.06. The lowest BCUT2D eigenvalue weighted by atomic mass is 9.71. The van der Waals surface area contributed by atoms with Crippen LogP contribution in [0, 0.1) is 11.8 Å². The van der Waals surface area contributed by atoms with Gasteiger partial charge in [-0.15, -0.1) is 0 Å². The highest BCUT2D eigenvalue weighted by molar-refractivity contribution is 5.84. The predicted octanol–water partition coefficient (Wildman–Crippen LogP) is 3.25. The molecular weight excluding hydrogens is 252 g/mol. The zero-order valence-corrected chi connectivity index (χ0v) is 12.3. The Labute approximate surface area is 121 Å². The van der Waals surface area contributed by atoms with Crippen molar-refractivity contribution in [2.24, 2.45) is 11.8 Å². The second-order valence-corrected chi connectivity index (χ2v) is 7.40. The van der Waals surface area contributed by atoms with Crippen LogP contribution in [0.1, 0.15) is 64.2 Å². The lowest BCUT2D eigenvalue weighted by Crippen LogP contribution is -2.45. The van der Waals surface area contributed by atoms with Gasteiger partial charge in [0, 0.05) is 18.4 Å². The zero-order chi connectivity index (χ0) is 13.6. The van der Waals surface area contributed by atoms with Gasteiger partial charge in [0.25, 0.3) is 0 Å². The highest BCUT2D eigenvalue weighted by Crippen LogP contribution is 2.45. The van der Waals surface area contributed by atoms with Crippen LogP contribution in [0.3, 0.4) is 0 Å². The van der Waals surface area contributed by atoms with Crippen LogP contribution in [0.5, 0.6) is 0 Å². The summed E-state index contributed by atoms with van der Waals surface area (Å²) < 4.78 is 12.0. The molecular formula is C17H26O3. The molecule has 0 aromatic carbocycles. The number of carbonyl (C=O) groups excluding carboxylic acids is 1. The van der Waals surface area contributed by atoms with Crippen molar-refractivity contribution in [1.82, 2.24) is 0 Å². The van der Waals surface area contributed by atoms with Gasteiger partial charge in [-0.1, -0.05) is 19.3 Å². The van der Waals surface area contributed by atoms with Gasteiger partial charge >= 0.3 is 0 Å². The van der Waals surface area contributed by atoms with Crippen LogP contribution in [-0.4, -0.2) is 30.2 Å². The van der Waals surface area contributed by atoms with E-state index in [1.54, 1.807) is 0 Å². The van der Waals surface area contributed by atoms with Gasteiger partial charge < -0.3 is 9.47 Å². The average Bonchev–Trinajstić information content (AvgIpc) is 3.10. The van der Waals surface area contributed by atoms with Gasteiger partial charge in [-0.2, -0.15) is 0 Å². The fourth-order valence-electron chi connectivity index (χ4n) is 5.06. The molecule has 0 aromatic rings. The molecule has 112 valence electrons. The number of ether oxygens (including phenoxy) is 2. The van der Waals surface area contributed by atoms with E-state index >= 15 is 0 Å². The smallest absolute Gasteiger partial charge is 0.141 e. The van der Waals surface area contributed by atoms with E-state index < -0.39 is 0 Å². The molecule has 4 atom stereocenters. The number of carbonyl (C=O) groups is 1. The van der Waals surface area contributed by atoms with Crippen molar-refractivity contribution in [2.45, 2.75) is 82.0 Å². The Morgan fingerprint density at radius 3 is 2.60 bits per heavy atom. The van der Waals surface area contributed by atoms with Crippen LogP contribution in [0.2, 0.25) is 0 Å². The van der Waals surface area contributed by atoms with Crippen LogP contribution in [0.4, 0.5) is 0 Å². The normalized spacial score (nSPS) is 43.0. The second kappa shape index (κ2) is 5.10. The summed E-state index contributed by atoms with van der Waals surface area (Å²) >= 11 is 0. The predicted molar refractivity (Wildman–Crippen MR) is 75.5 cm³/mol. The van der Waals surface area contributed by atoms with Gasteiger partial charge in [0.15, 0.2) is 0 Å². The summed E-state index contributed by atoms with van der Waals surface area (Å²) in [7, 11) is 0. The topological polar surface area (TPSA) is 35.5 Å². The lowest BCUT2D eigenvalue weighted by molar-refractivity contribution is -0.147. The monoisotopic (exact) mass is 278 g/mol. The third kappa shape index (κ3) is 2.23. The van der Waals surface area contributed by atoms with Crippen molar-refractivity contribution in [2.75, 3.05) is 6.61 Å². The molecule has 3 heterocycles. The maximum atomic E-state index is 12.9. The Bertz CT molecular complexity index is 380. The van der Waals surface area contributed by atoms with Crippen LogP contribution in [0.15, 0.2) is 0 Å². The van der Waals surface area contributed by atoms with E-state index in [4.69, 9.17) is 9.47 Å². The molecule has 1 saturated carbocycles. The summed E-state index contributed by atoms with van der Waals surface area (Å²) in [5.74, 6) is 0.956. The summed E-state index contributed by atoms with van der Waals surface area (Å²) in [6, 6.07) is 0. The van der Waals surface area contributed by atoms with Gasteiger partial charge in [0.2, 0.25) is 0 Å². The number of rotatable bonds is 2. The third-order valence-electron chi connectivity index (χ3n) is 6.13. The summed E-state index contributed by atoms with van der Waals surface area (Å²) in [5.41, 5.74) is 0.0509. The highest BCUT2D eigenvalue weighted by atomic mass is 16.5. The Kier molecular flexibility index (Phi) is 3.38. The van der Waals surface area contributed by atoms with Crippen LogP contribution in [0.25, 0.3) is 0 Å². The molecule has 4 unspecified atom stereocenters. The van der Waals surface area contributed by atoms with Gasteiger partial charge in [0.05, 0.1) is 17.8 Å². The van der Waals surface area contributed by atoms with Crippen molar-refractivity contribution >= 4 is 5.78 Å². The third-order valence-corrected chi connectivity index (χ3v) is 6.13. The Morgan fingerprint density at radius 1 is 1.05 bits per heavy atom. The minimum Gasteiger partial charge on any atom is -0.375 e. The molecule has 0 N–H and O–H groups in total. The molecule has 0 radical (unpaired) electrons. The van der Waals surface area contributed by atoms with E-state index in [0.717, 1.165) is 32.3 Å². The fraction of sp³-hybridized carbons (Fsp3) is 0.941. The summed E-state index contributed by atoms with van der Waals surface area (Å²) in [5, 5.41) is 0. The standard InChI is InChI=1S/C17H26O3/c18-16(14-10-13-4-5-15(14)20-13)12-6-9-19-17(11-12)7-2-1-3-8-17/h12-15H,1-11H2. The molecule has 4 rings (SSSR count). The van der Waals surface area contributed by atoms with Gasteiger partial charge in [-0.25, -0.2) is 0 Å². The van der Waals surface area contributed by atoms with E-state index in [2.05, 4.69) is 0 Å². The van der Waals surface area contributed by atoms with Crippen molar-refractivity contribution in [3.8, 4) is 0 Å². The first-order valence-corrected chi connectivity index (χ1v) is 8.59. The molecule has 4 fully saturated rings. The lowest BCUT2D eigenvalue weighted by Gasteiger charge is -2.43. The SMILES string of the molecule is O=C(C1CCOC2(CCCCC2)C1)C1CC2CCC1O2. The van der Waals surface area contributed by atoms with Gasteiger partial charge in [0.1, 0.15) is 5.78 Å². The number of hydrogen-bond donors (Lipinski definition) is 0. The molecule has 0 aromatic heterocycles. The molecule has 3 saturated heterocycles. The zero-order valence-electron chi connectivity index (χ0n) is 12.3. The molecule has 3 heteroatoms. The first kappa shape index (κ1) is 13.3. The van der Waals surface area contributed by atoms with E-state index in [-0.39, 0.29) is 23.5 Å². The molecule has 20 heavy (non-hydrogen) atoms. The molecule has 1 aliphatic carbocycles. The van der Waals surface area contributed by atoms with E-state index in [1.165, 1.54) is 38.5 Å². The maximum absolute atomic E-state index is 12.9. The first-order chi connectivity index (χ1) is 9.76. The van der Waals surface area contributed by atoms with Crippen molar-refractivity contribution in [1.29, 1.82) is 0 Å². The average molecular weight is 278 g/mol. The summed E-state index contributed by atoms with van der Waals surface area (Å²) in [4.78, 5) is 12.9. The molecule has 3 aliphatic heterocycles. The molecule has 2 bridgehead atoms. The molecule has 4 aliphatic rings. The van der Waals surface area contributed by atoms with Crippen LogP contribution < -0.4 is 0 Å². The molecule has 3 nitrogen and oxygen atoms in total. The number of fused-ring (bicyclic) bond motifs is 2. The molecule has 0 amide bonds. The van der Waals surface area contributed by atoms with E-state index in [0.29, 0.717) is 11.9 Å². The maximum Gasteiger partial charge on any atom is 0.141 e. The number of hydrogen-bond acceptors (Lipinski definition) is 3. The summed E-state index contributed by atoms with van der Waals surface area (Å²) in [6.45, 7) is 0.790. The largest absolute Gasteiger partial charge is 0.375 e. The van der Waals surface area contributed by atoms with Crippen molar-refractivity contribution in [3.05, 3.63) is 0 Å². The number of Topliss-reactive ketones (excluding diaryl/α,β-unsaturated/α-hetero) is 1. The highest BCUT2D eigenvalue weighted by Gasteiger charge is 2.48. The van der Waals surface area contributed by atoms with Crippen LogP contribution >= 0.6 is 0 Å². The van der Waals surface area contributed by atoms with Gasteiger partial charge in [-0.3, -0.25) is 4.79 Å². The van der Waals surface area contributed by atoms with Crippen molar-refractivity contribution < 1.29 is 14.3 Å². The van der Waals surface area contributed by atoms with Crippen LogP contribution in [-0.2, 0) is 14.3 Å². The van der Waals surface area contributed by atoms with E-state index in [1.807, 2.05) is 0 Å². The minimum atomic E-state index is 0.0509. The Hall–Kier alpha value is -0.410.